The van der Waals surface area contributed by atoms with Crippen LogP contribution in [-0.2, 0) is 10.0 Å². The summed E-state index contributed by atoms with van der Waals surface area (Å²) in [5.74, 6) is 0.157. The molecule has 0 heterocycles. The fraction of sp³-hybridized carbons (Fsp3) is 0.235. The van der Waals surface area contributed by atoms with Gasteiger partial charge in [0, 0.05) is 14.1 Å². The maximum atomic E-state index is 12.5. The van der Waals surface area contributed by atoms with Crippen molar-refractivity contribution in [1.29, 1.82) is 0 Å². The molecule has 2 rings (SSSR count). The predicted octanol–water partition coefficient (Wildman–Crippen LogP) is 3.16. The molecule has 0 saturated carbocycles. The average molecular weight is 348 g/mol. The second-order valence-corrected chi connectivity index (χ2v) is 7.36. The molecule has 0 atom stereocenters. The number of aryl methyl sites for hydroxylation is 2. The zero-order chi connectivity index (χ0) is 17.9. The number of benzene rings is 2. The third kappa shape index (κ3) is 4.26. The Morgan fingerprint density at radius 1 is 1.00 bits per heavy atom. The third-order valence-corrected chi connectivity index (χ3v) is 4.66. The lowest BCUT2D eigenvalue weighted by molar-refractivity contribution is 0.172. The Balaban J connectivity index is 2.35. The standard InChI is InChI=1S/C17H20N2O4S/c1-12-5-8-14(9-6-12)24(21,22)18-15-10-7-13(2)11-16(15)23-17(20)19(3)4/h5-11,18H,1-4H3. The predicted molar refractivity (Wildman–Crippen MR) is 92.9 cm³/mol. The molecule has 0 unspecified atom stereocenters. The van der Waals surface area contributed by atoms with Gasteiger partial charge >= 0.3 is 6.09 Å². The van der Waals surface area contributed by atoms with Gasteiger partial charge in [-0.2, -0.15) is 0 Å². The van der Waals surface area contributed by atoms with Crippen molar-refractivity contribution in [1.82, 2.24) is 4.90 Å². The Morgan fingerprint density at radius 3 is 2.17 bits per heavy atom. The van der Waals surface area contributed by atoms with E-state index in [0.29, 0.717) is 0 Å². The van der Waals surface area contributed by atoms with Crippen molar-refractivity contribution in [2.24, 2.45) is 0 Å². The van der Waals surface area contributed by atoms with Crippen LogP contribution in [0.25, 0.3) is 0 Å². The molecule has 0 spiro atoms. The minimum atomic E-state index is -3.78. The van der Waals surface area contributed by atoms with Crippen molar-refractivity contribution < 1.29 is 17.9 Å². The van der Waals surface area contributed by atoms with Crippen molar-refractivity contribution in [2.45, 2.75) is 18.7 Å². The van der Waals surface area contributed by atoms with Crippen LogP contribution in [0.5, 0.6) is 5.75 Å². The summed E-state index contributed by atoms with van der Waals surface area (Å²) in [6, 6.07) is 11.4. The molecule has 2 aromatic carbocycles. The molecule has 0 radical (unpaired) electrons. The van der Waals surface area contributed by atoms with E-state index in [2.05, 4.69) is 4.72 Å². The first-order valence-corrected chi connectivity index (χ1v) is 8.76. The van der Waals surface area contributed by atoms with E-state index in [1.807, 2.05) is 13.8 Å². The quantitative estimate of drug-likeness (QED) is 0.921. The Morgan fingerprint density at radius 2 is 1.58 bits per heavy atom. The minimum Gasteiger partial charge on any atom is -0.408 e. The van der Waals surface area contributed by atoms with Crippen molar-refractivity contribution in [2.75, 3.05) is 18.8 Å². The molecule has 0 saturated heterocycles. The highest BCUT2D eigenvalue weighted by Gasteiger charge is 2.18. The Labute approximate surface area is 142 Å². The summed E-state index contributed by atoms with van der Waals surface area (Å²) in [6.07, 6.45) is -0.587. The van der Waals surface area contributed by atoms with Crippen LogP contribution in [0.1, 0.15) is 11.1 Å². The number of sulfonamides is 1. The first kappa shape index (κ1) is 17.8. The molecular weight excluding hydrogens is 328 g/mol. The van der Waals surface area contributed by atoms with Gasteiger partial charge in [-0.1, -0.05) is 23.8 Å². The minimum absolute atomic E-state index is 0.138. The van der Waals surface area contributed by atoms with Crippen LogP contribution in [0.15, 0.2) is 47.4 Å². The normalized spacial score (nSPS) is 11.0. The molecule has 0 aliphatic heterocycles. The number of hydrogen-bond donors (Lipinski definition) is 1. The van der Waals surface area contributed by atoms with Crippen molar-refractivity contribution in [3.8, 4) is 5.75 Å². The summed E-state index contributed by atoms with van der Waals surface area (Å²) in [7, 11) is -0.677. The van der Waals surface area contributed by atoms with Gasteiger partial charge in [0.05, 0.1) is 10.6 Å². The molecule has 24 heavy (non-hydrogen) atoms. The molecule has 0 bridgehead atoms. The summed E-state index contributed by atoms with van der Waals surface area (Å²) in [5, 5.41) is 0. The first-order valence-electron chi connectivity index (χ1n) is 7.28. The number of anilines is 1. The lowest BCUT2D eigenvalue weighted by atomic mass is 10.2. The highest BCUT2D eigenvalue weighted by molar-refractivity contribution is 7.92. The number of amides is 1. The molecule has 0 aromatic heterocycles. The summed E-state index contributed by atoms with van der Waals surface area (Å²) >= 11 is 0. The van der Waals surface area contributed by atoms with Gasteiger partial charge in [-0.3, -0.25) is 4.72 Å². The zero-order valence-corrected chi connectivity index (χ0v) is 14.8. The molecule has 2 aromatic rings. The molecule has 7 heteroatoms. The topological polar surface area (TPSA) is 75.7 Å². The van der Waals surface area contributed by atoms with Crippen molar-refractivity contribution in [3.05, 3.63) is 53.6 Å². The molecular formula is C17H20N2O4S. The van der Waals surface area contributed by atoms with Gasteiger partial charge in [-0.05, 0) is 43.7 Å². The first-order chi connectivity index (χ1) is 11.2. The highest BCUT2D eigenvalue weighted by atomic mass is 32.2. The van der Waals surface area contributed by atoms with Crippen LogP contribution in [0.4, 0.5) is 10.5 Å². The maximum Gasteiger partial charge on any atom is 0.414 e. The van der Waals surface area contributed by atoms with Crippen molar-refractivity contribution >= 4 is 21.8 Å². The van der Waals surface area contributed by atoms with Crippen molar-refractivity contribution in [3.63, 3.8) is 0 Å². The van der Waals surface area contributed by atoms with Gasteiger partial charge in [-0.25, -0.2) is 13.2 Å². The molecule has 0 aliphatic carbocycles. The zero-order valence-electron chi connectivity index (χ0n) is 14.0. The number of ether oxygens (including phenoxy) is 1. The van der Waals surface area contributed by atoms with Gasteiger partial charge in [0.25, 0.3) is 10.0 Å². The SMILES string of the molecule is Cc1ccc(S(=O)(=O)Nc2ccc(C)cc2OC(=O)N(C)C)cc1. The third-order valence-electron chi connectivity index (χ3n) is 3.28. The second-order valence-electron chi connectivity index (χ2n) is 5.68. The van der Waals surface area contributed by atoms with E-state index in [0.717, 1.165) is 11.1 Å². The molecule has 1 amide bonds. The summed E-state index contributed by atoms with van der Waals surface area (Å²) in [5.41, 5.74) is 2.01. The number of carbonyl (C=O) groups is 1. The fourth-order valence-corrected chi connectivity index (χ4v) is 2.98. The van der Waals surface area contributed by atoms with E-state index in [-0.39, 0.29) is 16.3 Å². The van der Waals surface area contributed by atoms with E-state index in [4.69, 9.17) is 4.74 Å². The van der Waals surface area contributed by atoms with Crippen LogP contribution in [0.2, 0.25) is 0 Å². The van der Waals surface area contributed by atoms with E-state index in [1.165, 1.54) is 17.0 Å². The number of rotatable bonds is 4. The molecule has 1 N–H and O–H groups in total. The maximum absolute atomic E-state index is 12.5. The summed E-state index contributed by atoms with van der Waals surface area (Å²) in [4.78, 5) is 13.2. The fourth-order valence-electron chi connectivity index (χ4n) is 1.90. The number of nitrogens with one attached hydrogen (secondary N) is 1. The smallest absolute Gasteiger partial charge is 0.408 e. The Bertz CT molecular complexity index is 843. The average Bonchev–Trinajstić information content (AvgIpc) is 2.50. The van der Waals surface area contributed by atoms with Crippen LogP contribution >= 0.6 is 0 Å². The van der Waals surface area contributed by atoms with E-state index < -0.39 is 16.1 Å². The largest absolute Gasteiger partial charge is 0.414 e. The lowest BCUT2D eigenvalue weighted by Gasteiger charge is -2.16. The van der Waals surface area contributed by atoms with Gasteiger partial charge in [0.1, 0.15) is 0 Å². The highest BCUT2D eigenvalue weighted by Crippen LogP contribution is 2.28. The number of nitrogens with zero attached hydrogens (tertiary/aromatic N) is 1. The Hall–Kier alpha value is -2.54. The summed E-state index contributed by atoms with van der Waals surface area (Å²) in [6.45, 7) is 3.70. The second kappa shape index (κ2) is 6.92. The number of hydrogen-bond acceptors (Lipinski definition) is 4. The van der Waals surface area contributed by atoms with Crippen LogP contribution in [0.3, 0.4) is 0 Å². The molecule has 0 aliphatic rings. The van der Waals surface area contributed by atoms with Gasteiger partial charge < -0.3 is 9.64 Å². The van der Waals surface area contributed by atoms with E-state index in [1.54, 1.807) is 44.4 Å². The molecule has 0 fully saturated rings. The Kier molecular flexibility index (Phi) is 5.14. The van der Waals surface area contributed by atoms with Gasteiger partial charge in [0.2, 0.25) is 0 Å². The monoisotopic (exact) mass is 348 g/mol. The van der Waals surface area contributed by atoms with E-state index in [9.17, 15) is 13.2 Å². The van der Waals surface area contributed by atoms with Crippen LogP contribution < -0.4 is 9.46 Å². The van der Waals surface area contributed by atoms with Crippen LogP contribution in [0, 0.1) is 13.8 Å². The van der Waals surface area contributed by atoms with Gasteiger partial charge in [0.15, 0.2) is 5.75 Å². The molecule has 128 valence electrons. The molecule has 6 nitrogen and oxygen atoms in total. The number of carbonyl (C=O) groups excluding carboxylic acids is 1. The van der Waals surface area contributed by atoms with Gasteiger partial charge in [-0.15, -0.1) is 0 Å². The van der Waals surface area contributed by atoms with E-state index >= 15 is 0 Å². The van der Waals surface area contributed by atoms with Crippen LogP contribution in [-0.4, -0.2) is 33.5 Å². The lowest BCUT2D eigenvalue weighted by Crippen LogP contribution is -2.26. The summed E-state index contributed by atoms with van der Waals surface area (Å²) < 4.78 is 32.7.